The van der Waals surface area contributed by atoms with Crippen LogP contribution in [0.5, 0.6) is 0 Å². The summed E-state index contributed by atoms with van der Waals surface area (Å²) < 4.78 is 0. The van der Waals surface area contributed by atoms with Gasteiger partial charge in [0.25, 0.3) is 0 Å². The minimum Gasteiger partial charge on any atom is -0.337 e. The van der Waals surface area contributed by atoms with Crippen molar-refractivity contribution in [1.82, 2.24) is 10.2 Å². The number of benzene rings is 1. The molecule has 2 aromatic rings. The van der Waals surface area contributed by atoms with Gasteiger partial charge in [-0.25, -0.2) is 0 Å². The van der Waals surface area contributed by atoms with E-state index in [1.807, 2.05) is 39.0 Å². The lowest BCUT2D eigenvalue weighted by Crippen LogP contribution is -2.07. The van der Waals surface area contributed by atoms with Crippen molar-refractivity contribution in [3.63, 3.8) is 0 Å². The molecule has 4 nitrogen and oxygen atoms in total. The van der Waals surface area contributed by atoms with Crippen LogP contribution in [0, 0.1) is 18.3 Å². The fourth-order valence-electron chi connectivity index (χ4n) is 2.25. The second kappa shape index (κ2) is 6.55. The monoisotopic (exact) mass is 300 g/mol. The van der Waals surface area contributed by atoms with Gasteiger partial charge in [-0.3, -0.25) is 0 Å². The summed E-state index contributed by atoms with van der Waals surface area (Å²) in [5.74, 6) is 0.483. The van der Waals surface area contributed by atoms with Crippen LogP contribution in [0.2, 0.25) is 5.02 Å². The van der Waals surface area contributed by atoms with Gasteiger partial charge in [0.1, 0.15) is 11.6 Å². The van der Waals surface area contributed by atoms with Gasteiger partial charge in [-0.05, 0) is 43.0 Å². The Morgan fingerprint density at radius 3 is 2.62 bits per heavy atom. The first-order valence-corrected chi connectivity index (χ1v) is 7.30. The summed E-state index contributed by atoms with van der Waals surface area (Å²) in [6.07, 6.45) is 1.52. The molecule has 0 bridgehead atoms. The third-order valence-electron chi connectivity index (χ3n) is 3.48. The van der Waals surface area contributed by atoms with Crippen LogP contribution in [-0.2, 0) is 12.8 Å². The highest BCUT2D eigenvalue weighted by atomic mass is 35.5. The Morgan fingerprint density at radius 2 is 2.00 bits per heavy atom. The van der Waals surface area contributed by atoms with Gasteiger partial charge in [0.2, 0.25) is 0 Å². The predicted molar refractivity (Wildman–Crippen MR) is 85.0 cm³/mol. The zero-order chi connectivity index (χ0) is 15.4. The normalized spacial score (nSPS) is 10.2. The van der Waals surface area contributed by atoms with E-state index >= 15 is 0 Å². The zero-order valence-electron chi connectivity index (χ0n) is 12.4. The summed E-state index contributed by atoms with van der Waals surface area (Å²) in [6.45, 7) is 5.95. The Balaban J connectivity index is 2.50. The first-order valence-electron chi connectivity index (χ1n) is 6.93. The maximum atomic E-state index is 9.47. The Bertz CT molecular complexity index is 704. The highest BCUT2D eigenvalue weighted by Crippen LogP contribution is 2.28. The van der Waals surface area contributed by atoms with Crippen molar-refractivity contribution in [2.45, 2.75) is 33.6 Å². The topological polar surface area (TPSA) is 61.6 Å². The molecule has 0 aliphatic rings. The smallest absolute Gasteiger partial charge is 0.171 e. The SMILES string of the molecule is CCc1nnc(Nc2cccc(Cl)c2C)c(C#N)c1CC. The summed E-state index contributed by atoms with van der Waals surface area (Å²) in [5.41, 5.74) is 4.14. The molecule has 21 heavy (non-hydrogen) atoms. The first-order chi connectivity index (χ1) is 10.1. The fourth-order valence-corrected chi connectivity index (χ4v) is 2.43. The highest BCUT2D eigenvalue weighted by Gasteiger charge is 2.15. The van der Waals surface area contributed by atoms with Crippen LogP contribution >= 0.6 is 11.6 Å². The van der Waals surface area contributed by atoms with Crippen LogP contribution < -0.4 is 5.32 Å². The highest BCUT2D eigenvalue weighted by molar-refractivity contribution is 6.31. The standard InChI is InChI=1S/C16H17ClN4/c1-4-11-12(9-18)16(21-20-14(11)5-2)19-15-8-6-7-13(17)10(15)3/h6-8H,4-5H2,1-3H3,(H,19,21). The molecule has 0 saturated carbocycles. The van der Waals surface area contributed by atoms with E-state index in [9.17, 15) is 5.26 Å². The van der Waals surface area contributed by atoms with Crippen molar-refractivity contribution in [1.29, 1.82) is 5.26 Å². The molecule has 1 heterocycles. The lowest BCUT2D eigenvalue weighted by atomic mass is 10.0. The third-order valence-corrected chi connectivity index (χ3v) is 3.89. The van der Waals surface area contributed by atoms with E-state index in [1.54, 1.807) is 0 Å². The fraction of sp³-hybridized carbons (Fsp3) is 0.312. The van der Waals surface area contributed by atoms with Gasteiger partial charge in [0.05, 0.1) is 5.69 Å². The number of nitrogens with one attached hydrogen (secondary N) is 1. The Morgan fingerprint density at radius 1 is 1.24 bits per heavy atom. The molecule has 0 fully saturated rings. The second-order valence-corrected chi connectivity index (χ2v) is 5.11. The first kappa shape index (κ1) is 15.3. The lowest BCUT2D eigenvalue weighted by Gasteiger charge is -2.13. The number of aryl methyl sites for hydroxylation is 1. The number of hydrogen-bond acceptors (Lipinski definition) is 4. The number of hydrogen-bond donors (Lipinski definition) is 1. The summed E-state index contributed by atoms with van der Waals surface area (Å²) in [5, 5.41) is 21.7. The molecule has 0 aliphatic carbocycles. The molecular formula is C16H17ClN4. The number of anilines is 2. The van der Waals surface area contributed by atoms with Gasteiger partial charge in [-0.15, -0.1) is 5.10 Å². The van der Waals surface area contributed by atoms with Gasteiger partial charge in [-0.1, -0.05) is 31.5 Å². The van der Waals surface area contributed by atoms with Crippen LogP contribution in [0.15, 0.2) is 18.2 Å². The van der Waals surface area contributed by atoms with E-state index in [0.717, 1.165) is 35.3 Å². The number of nitriles is 1. The molecule has 0 amide bonds. The van der Waals surface area contributed by atoms with E-state index in [2.05, 4.69) is 21.6 Å². The Labute approximate surface area is 129 Å². The summed E-state index contributed by atoms with van der Waals surface area (Å²) in [6, 6.07) is 7.84. The van der Waals surface area contributed by atoms with Crippen LogP contribution in [0.3, 0.4) is 0 Å². The van der Waals surface area contributed by atoms with Crippen molar-refractivity contribution < 1.29 is 0 Å². The Kier molecular flexibility index (Phi) is 4.77. The molecule has 2 rings (SSSR count). The average molecular weight is 301 g/mol. The van der Waals surface area contributed by atoms with Gasteiger partial charge < -0.3 is 5.32 Å². The van der Waals surface area contributed by atoms with E-state index in [-0.39, 0.29) is 0 Å². The van der Waals surface area contributed by atoms with Crippen LogP contribution in [0.25, 0.3) is 0 Å². The molecule has 1 aromatic heterocycles. The van der Waals surface area contributed by atoms with Crippen LogP contribution in [0.4, 0.5) is 11.5 Å². The Hall–Kier alpha value is -2.12. The molecule has 0 spiro atoms. The number of aromatic nitrogens is 2. The summed E-state index contributed by atoms with van der Waals surface area (Å²) in [7, 11) is 0. The second-order valence-electron chi connectivity index (χ2n) is 4.71. The minimum atomic E-state index is 0.483. The lowest BCUT2D eigenvalue weighted by molar-refractivity contribution is 0.877. The maximum Gasteiger partial charge on any atom is 0.171 e. The molecule has 0 unspecified atom stereocenters. The van der Waals surface area contributed by atoms with Gasteiger partial charge in [-0.2, -0.15) is 10.4 Å². The molecule has 1 N–H and O–H groups in total. The molecule has 0 atom stereocenters. The van der Waals surface area contributed by atoms with E-state index in [0.29, 0.717) is 16.4 Å². The number of rotatable bonds is 4. The van der Waals surface area contributed by atoms with E-state index in [4.69, 9.17) is 11.6 Å². The van der Waals surface area contributed by atoms with Crippen LogP contribution in [-0.4, -0.2) is 10.2 Å². The molecule has 108 valence electrons. The van der Waals surface area contributed by atoms with Crippen molar-refractivity contribution in [2.75, 3.05) is 5.32 Å². The molecule has 0 saturated heterocycles. The number of nitrogens with zero attached hydrogens (tertiary/aromatic N) is 3. The van der Waals surface area contributed by atoms with Crippen molar-refractivity contribution >= 4 is 23.1 Å². The average Bonchev–Trinajstić information content (AvgIpc) is 2.51. The predicted octanol–water partition coefficient (Wildman–Crippen LogP) is 4.18. The molecule has 0 radical (unpaired) electrons. The summed E-state index contributed by atoms with van der Waals surface area (Å²) >= 11 is 6.12. The van der Waals surface area contributed by atoms with E-state index in [1.165, 1.54) is 0 Å². The third kappa shape index (κ3) is 2.98. The zero-order valence-corrected chi connectivity index (χ0v) is 13.1. The molecule has 0 aliphatic heterocycles. The largest absolute Gasteiger partial charge is 0.337 e. The summed E-state index contributed by atoms with van der Waals surface area (Å²) in [4.78, 5) is 0. The van der Waals surface area contributed by atoms with Crippen LogP contribution in [0.1, 0.15) is 36.2 Å². The van der Waals surface area contributed by atoms with E-state index < -0.39 is 0 Å². The molecular weight excluding hydrogens is 284 g/mol. The maximum absolute atomic E-state index is 9.47. The van der Waals surface area contributed by atoms with Crippen molar-refractivity contribution in [3.8, 4) is 6.07 Å². The minimum absolute atomic E-state index is 0.483. The number of halogens is 1. The van der Waals surface area contributed by atoms with Gasteiger partial charge >= 0.3 is 0 Å². The van der Waals surface area contributed by atoms with Gasteiger partial charge in [0, 0.05) is 10.7 Å². The quantitative estimate of drug-likeness (QED) is 0.920. The molecule has 1 aromatic carbocycles. The van der Waals surface area contributed by atoms with Crippen molar-refractivity contribution in [3.05, 3.63) is 45.6 Å². The van der Waals surface area contributed by atoms with Crippen molar-refractivity contribution in [2.24, 2.45) is 0 Å². The molecule has 5 heteroatoms. The van der Waals surface area contributed by atoms with Gasteiger partial charge in [0.15, 0.2) is 5.82 Å².